The third-order valence-corrected chi connectivity index (χ3v) is 5.33. The monoisotopic (exact) mass is 510 g/mol. The minimum atomic E-state index is 0. The van der Waals surface area contributed by atoms with E-state index >= 15 is 0 Å². The highest BCUT2D eigenvalue weighted by Crippen LogP contribution is 2.20. The first kappa shape index (κ1) is 25.9. The van der Waals surface area contributed by atoms with Crippen molar-refractivity contribution in [2.24, 2.45) is 22.7 Å². The maximum Gasteiger partial charge on any atom is 0.191 e. The molecule has 2 rings (SSSR count). The molecule has 0 aromatic carbocycles. The molecular weight excluding hydrogens is 467 g/mol. The summed E-state index contributed by atoms with van der Waals surface area (Å²) in [5, 5.41) is 6.81. The molecule has 0 amide bonds. The molecule has 0 aromatic heterocycles. The standard InChI is InChI=1S/C21H42N4O2.HI/c1-4-22-21(24-9-6-11-26-16-20-7-12-27-17-20)23-8-5-10-25-14-18(2)13-19(3)15-25;/h18-20H,4-17H2,1-3H3,(H2,22,23,24);1H. The van der Waals surface area contributed by atoms with Crippen LogP contribution >= 0.6 is 24.0 Å². The predicted octanol–water partition coefficient (Wildman–Crippen LogP) is 2.97. The van der Waals surface area contributed by atoms with Crippen LogP contribution in [0.25, 0.3) is 0 Å². The Hall–Kier alpha value is -0.120. The van der Waals surface area contributed by atoms with Crippen molar-refractivity contribution in [2.45, 2.75) is 46.5 Å². The number of nitrogens with one attached hydrogen (secondary N) is 2. The lowest BCUT2D eigenvalue weighted by Gasteiger charge is -2.35. The van der Waals surface area contributed by atoms with Crippen LogP contribution in [0.3, 0.4) is 0 Å². The van der Waals surface area contributed by atoms with E-state index in [1.807, 2.05) is 0 Å². The molecule has 28 heavy (non-hydrogen) atoms. The van der Waals surface area contributed by atoms with Gasteiger partial charge in [0.15, 0.2) is 5.96 Å². The summed E-state index contributed by atoms with van der Waals surface area (Å²) in [5.41, 5.74) is 0. The third-order valence-electron chi connectivity index (χ3n) is 5.33. The fourth-order valence-electron chi connectivity index (χ4n) is 4.15. The molecule has 0 spiro atoms. The second-order valence-corrected chi connectivity index (χ2v) is 8.40. The Morgan fingerprint density at radius 1 is 1.18 bits per heavy atom. The second kappa shape index (κ2) is 15.7. The van der Waals surface area contributed by atoms with Crippen LogP contribution in [-0.2, 0) is 9.47 Å². The average Bonchev–Trinajstić information content (AvgIpc) is 3.14. The molecule has 0 bridgehead atoms. The van der Waals surface area contributed by atoms with Crippen LogP contribution in [0.15, 0.2) is 4.99 Å². The largest absolute Gasteiger partial charge is 0.381 e. The summed E-state index contributed by atoms with van der Waals surface area (Å²) in [6.07, 6.45) is 4.65. The van der Waals surface area contributed by atoms with Crippen LogP contribution in [-0.4, -0.2) is 76.6 Å². The van der Waals surface area contributed by atoms with Gasteiger partial charge < -0.3 is 25.0 Å². The van der Waals surface area contributed by atoms with Gasteiger partial charge in [0, 0.05) is 51.9 Å². The molecule has 2 aliphatic heterocycles. The molecule has 2 aliphatic rings. The van der Waals surface area contributed by atoms with E-state index in [2.05, 4.69) is 41.3 Å². The van der Waals surface area contributed by atoms with Gasteiger partial charge in [-0.1, -0.05) is 13.8 Å². The Morgan fingerprint density at radius 3 is 2.64 bits per heavy atom. The summed E-state index contributed by atoms with van der Waals surface area (Å²) in [7, 11) is 0. The molecular formula is C21H43IN4O2. The summed E-state index contributed by atoms with van der Waals surface area (Å²) < 4.78 is 11.1. The number of likely N-dealkylation sites (tertiary alicyclic amines) is 1. The Kier molecular flexibility index (Phi) is 14.5. The maximum absolute atomic E-state index is 5.75. The number of rotatable bonds is 11. The van der Waals surface area contributed by atoms with E-state index in [1.165, 1.54) is 26.1 Å². The molecule has 7 heteroatoms. The van der Waals surface area contributed by atoms with Crippen molar-refractivity contribution in [1.82, 2.24) is 15.5 Å². The SMILES string of the molecule is CCNC(=NCCCOCC1CCOC1)NCCCN1CC(C)CC(C)C1.I. The highest BCUT2D eigenvalue weighted by Gasteiger charge is 2.21. The van der Waals surface area contributed by atoms with Crippen molar-refractivity contribution in [2.75, 3.05) is 65.7 Å². The van der Waals surface area contributed by atoms with E-state index in [9.17, 15) is 0 Å². The lowest BCUT2D eigenvalue weighted by molar-refractivity contribution is 0.0893. The van der Waals surface area contributed by atoms with Gasteiger partial charge in [-0.15, -0.1) is 24.0 Å². The molecule has 0 aliphatic carbocycles. The quantitative estimate of drug-likeness (QED) is 0.194. The first-order valence-electron chi connectivity index (χ1n) is 11.1. The Morgan fingerprint density at radius 2 is 1.96 bits per heavy atom. The third kappa shape index (κ3) is 11.2. The Bertz CT molecular complexity index is 409. The van der Waals surface area contributed by atoms with Crippen LogP contribution < -0.4 is 10.6 Å². The molecule has 0 saturated carbocycles. The van der Waals surface area contributed by atoms with Crippen LogP contribution in [0.4, 0.5) is 0 Å². The predicted molar refractivity (Wildman–Crippen MR) is 128 cm³/mol. The molecule has 166 valence electrons. The summed E-state index contributed by atoms with van der Waals surface area (Å²) in [5.74, 6) is 3.20. The number of piperidine rings is 1. The number of nitrogens with zero attached hydrogens (tertiary/aromatic N) is 2. The van der Waals surface area contributed by atoms with Gasteiger partial charge >= 0.3 is 0 Å². The summed E-state index contributed by atoms with van der Waals surface area (Å²) in [6, 6.07) is 0. The zero-order chi connectivity index (χ0) is 19.3. The fourth-order valence-corrected chi connectivity index (χ4v) is 4.15. The van der Waals surface area contributed by atoms with Gasteiger partial charge in [-0.3, -0.25) is 4.99 Å². The number of hydrogen-bond donors (Lipinski definition) is 2. The van der Waals surface area contributed by atoms with Crippen molar-refractivity contribution >= 4 is 29.9 Å². The number of aliphatic imine (C=N–C) groups is 1. The topological polar surface area (TPSA) is 58.1 Å². The zero-order valence-corrected chi connectivity index (χ0v) is 20.6. The summed E-state index contributed by atoms with van der Waals surface area (Å²) in [4.78, 5) is 7.29. The van der Waals surface area contributed by atoms with Crippen molar-refractivity contribution in [3.8, 4) is 0 Å². The van der Waals surface area contributed by atoms with Crippen molar-refractivity contribution < 1.29 is 9.47 Å². The van der Waals surface area contributed by atoms with E-state index in [4.69, 9.17) is 9.47 Å². The molecule has 2 heterocycles. The van der Waals surface area contributed by atoms with E-state index in [-0.39, 0.29) is 24.0 Å². The summed E-state index contributed by atoms with van der Waals surface area (Å²) >= 11 is 0. The number of halogens is 1. The van der Waals surface area contributed by atoms with Crippen LogP contribution in [0, 0.1) is 17.8 Å². The fraction of sp³-hybridized carbons (Fsp3) is 0.952. The summed E-state index contributed by atoms with van der Waals surface area (Å²) in [6.45, 7) is 16.6. The van der Waals surface area contributed by atoms with Crippen molar-refractivity contribution in [1.29, 1.82) is 0 Å². The molecule has 3 unspecified atom stereocenters. The van der Waals surface area contributed by atoms with E-state index in [1.54, 1.807) is 0 Å². The van der Waals surface area contributed by atoms with Crippen molar-refractivity contribution in [3.05, 3.63) is 0 Å². The van der Waals surface area contributed by atoms with Gasteiger partial charge in [0.1, 0.15) is 0 Å². The minimum Gasteiger partial charge on any atom is -0.381 e. The Balaban J connectivity index is 0.00000392. The molecule has 2 N–H and O–H groups in total. The maximum atomic E-state index is 5.75. The first-order valence-corrected chi connectivity index (χ1v) is 11.1. The van der Waals surface area contributed by atoms with E-state index < -0.39 is 0 Å². The average molecular weight is 511 g/mol. The molecule has 2 saturated heterocycles. The highest BCUT2D eigenvalue weighted by atomic mass is 127. The lowest BCUT2D eigenvalue weighted by atomic mass is 9.92. The van der Waals surface area contributed by atoms with Gasteiger partial charge in [0.05, 0.1) is 13.2 Å². The lowest BCUT2D eigenvalue weighted by Crippen LogP contribution is -2.41. The van der Waals surface area contributed by atoms with Gasteiger partial charge in [-0.05, 0) is 51.0 Å². The highest BCUT2D eigenvalue weighted by molar-refractivity contribution is 14.0. The number of ether oxygens (including phenoxy) is 2. The minimum absolute atomic E-state index is 0. The molecule has 6 nitrogen and oxygen atoms in total. The molecule has 3 atom stereocenters. The molecule has 0 radical (unpaired) electrons. The number of guanidine groups is 1. The van der Waals surface area contributed by atoms with Gasteiger partial charge in [-0.25, -0.2) is 0 Å². The van der Waals surface area contributed by atoms with Crippen LogP contribution in [0.1, 0.15) is 46.5 Å². The second-order valence-electron chi connectivity index (χ2n) is 8.40. The normalized spacial score (nSPS) is 26.1. The zero-order valence-electron chi connectivity index (χ0n) is 18.3. The van der Waals surface area contributed by atoms with Gasteiger partial charge in [-0.2, -0.15) is 0 Å². The van der Waals surface area contributed by atoms with Gasteiger partial charge in [0.25, 0.3) is 0 Å². The van der Waals surface area contributed by atoms with Gasteiger partial charge in [0.2, 0.25) is 0 Å². The molecule has 2 fully saturated rings. The van der Waals surface area contributed by atoms with E-state index in [0.29, 0.717) is 5.92 Å². The van der Waals surface area contributed by atoms with Crippen molar-refractivity contribution in [3.63, 3.8) is 0 Å². The van der Waals surface area contributed by atoms with Crippen LogP contribution in [0.5, 0.6) is 0 Å². The number of hydrogen-bond acceptors (Lipinski definition) is 4. The van der Waals surface area contributed by atoms with E-state index in [0.717, 1.165) is 83.1 Å². The van der Waals surface area contributed by atoms with Crippen LogP contribution in [0.2, 0.25) is 0 Å². The molecule has 0 aromatic rings. The smallest absolute Gasteiger partial charge is 0.191 e. The first-order chi connectivity index (χ1) is 13.2. The Labute approximate surface area is 189 Å².